The number of sulfonamides is 1. The summed E-state index contributed by atoms with van der Waals surface area (Å²) in [5, 5.41) is 2.62. The summed E-state index contributed by atoms with van der Waals surface area (Å²) in [5.41, 5.74) is 0.827. The van der Waals surface area contributed by atoms with Gasteiger partial charge in [0.15, 0.2) is 0 Å². The number of hydrogen-bond donors (Lipinski definition) is 2. The normalized spacial score (nSPS) is 12.2. The third kappa shape index (κ3) is 6.17. The van der Waals surface area contributed by atoms with E-state index in [1.54, 1.807) is 42.5 Å². The molecule has 2 aromatic rings. The number of anilines is 1. The van der Waals surface area contributed by atoms with E-state index in [1.807, 2.05) is 6.92 Å². The van der Waals surface area contributed by atoms with Crippen LogP contribution in [0.5, 0.6) is 0 Å². The highest BCUT2D eigenvalue weighted by Gasteiger charge is 2.22. The van der Waals surface area contributed by atoms with E-state index in [0.29, 0.717) is 17.9 Å². The van der Waals surface area contributed by atoms with Crippen LogP contribution in [0.3, 0.4) is 0 Å². The third-order valence-electron chi connectivity index (χ3n) is 3.90. The number of amides is 1. The van der Waals surface area contributed by atoms with Crippen LogP contribution in [0.4, 0.5) is 5.69 Å². The molecule has 150 valence electrons. The summed E-state index contributed by atoms with van der Waals surface area (Å²) < 4.78 is 32.0. The number of carbonyl (C=O) groups is 2. The SMILES string of the molecule is CCCCOC(=O)c1ccc(NC(=O)[C@@H](C)NS(=O)(=O)c2ccccc2)cc1. The van der Waals surface area contributed by atoms with Gasteiger partial charge in [0.2, 0.25) is 15.9 Å². The number of ether oxygens (including phenoxy) is 1. The lowest BCUT2D eigenvalue weighted by molar-refractivity contribution is -0.117. The first-order valence-corrected chi connectivity index (χ1v) is 10.5. The van der Waals surface area contributed by atoms with Gasteiger partial charge in [-0.2, -0.15) is 4.72 Å². The fraction of sp³-hybridized carbons (Fsp3) is 0.300. The Bertz CT molecular complexity index is 896. The van der Waals surface area contributed by atoms with E-state index < -0.39 is 27.9 Å². The predicted molar refractivity (Wildman–Crippen MR) is 106 cm³/mol. The second-order valence-electron chi connectivity index (χ2n) is 6.21. The molecule has 0 aliphatic heterocycles. The van der Waals surface area contributed by atoms with Gasteiger partial charge in [0.1, 0.15) is 0 Å². The highest BCUT2D eigenvalue weighted by Crippen LogP contribution is 2.12. The molecule has 0 fully saturated rings. The number of carbonyl (C=O) groups excluding carboxylic acids is 2. The van der Waals surface area contributed by atoms with E-state index in [2.05, 4.69) is 10.0 Å². The molecule has 28 heavy (non-hydrogen) atoms. The summed E-state index contributed by atoms with van der Waals surface area (Å²) in [6.07, 6.45) is 1.74. The second kappa shape index (κ2) is 10.0. The molecular weight excluding hydrogens is 380 g/mol. The lowest BCUT2D eigenvalue weighted by Crippen LogP contribution is -2.41. The van der Waals surface area contributed by atoms with Crippen LogP contribution in [0.1, 0.15) is 37.0 Å². The van der Waals surface area contributed by atoms with Crippen molar-refractivity contribution in [2.45, 2.75) is 37.6 Å². The van der Waals surface area contributed by atoms with Crippen molar-refractivity contribution in [1.82, 2.24) is 4.72 Å². The van der Waals surface area contributed by atoms with Crippen LogP contribution in [0.25, 0.3) is 0 Å². The van der Waals surface area contributed by atoms with Gasteiger partial charge in [0.05, 0.1) is 23.1 Å². The molecule has 0 unspecified atom stereocenters. The zero-order valence-electron chi connectivity index (χ0n) is 15.8. The summed E-state index contributed by atoms with van der Waals surface area (Å²) in [5.74, 6) is -0.937. The van der Waals surface area contributed by atoms with E-state index in [0.717, 1.165) is 12.8 Å². The second-order valence-corrected chi connectivity index (χ2v) is 7.93. The van der Waals surface area contributed by atoms with E-state index in [9.17, 15) is 18.0 Å². The van der Waals surface area contributed by atoms with E-state index in [4.69, 9.17) is 4.74 Å². The summed E-state index contributed by atoms with van der Waals surface area (Å²) in [6, 6.07) is 13.0. The number of hydrogen-bond acceptors (Lipinski definition) is 5. The molecule has 1 atom stereocenters. The maximum Gasteiger partial charge on any atom is 0.338 e. The van der Waals surface area contributed by atoms with Gasteiger partial charge >= 0.3 is 5.97 Å². The van der Waals surface area contributed by atoms with E-state index in [1.165, 1.54) is 19.1 Å². The average Bonchev–Trinajstić information content (AvgIpc) is 2.69. The molecule has 8 heteroatoms. The topological polar surface area (TPSA) is 102 Å². The fourth-order valence-corrected chi connectivity index (χ4v) is 3.51. The monoisotopic (exact) mass is 404 g/mol. The quantitative estimate of drug-likeness (QED) is 0.494. The summed E-state index contributed by atoms with van der Waals surface area (Å²) in [7, 11) is -3.80. The van der Waals surface area contributed by atoms with Crippen molar-refractivity contribution < 1.29 is 22.7 Å². The molecule has 1 amide bonds. The molecule has 2 rings (SSSR count). The van der Waals surface area contributed by atoms with Crippen molar-refractivity contribution in [3.8, 4) is 0 Å². The van der Waals surface area contributed by atoms with Crippen molar-refractivity contribution in [2.24, 2.45) is 0 Å². The van der Waals surface area contributed by atoms with Gasteiger partial charge in [-0.05, 0) is 49.7 Å². The minimum atomic E-state index is -3.80. The Morgan fingerprint density at radius 1 is 1.04 bits per heavy atom. The number of rotatable bonds is 9. The smallest absolute Gasteiger partial charge is 0.338 e. The van der Waals surface area contributed by atoms with Crippen LogP contribution >= 0.6 is 0 Å². The highest BCUT2D eigenvalue weighted by atomic mass is 32.2. The molecule has 2 aromatic carbocycles. The average molecular weight is 404 g/mol. The molecule has 0 bridgehead atoms. The Balaban J connectivity index is 1.94. The summed E-state index contributed by atoms with van der Waals surface area (Å²) >= 11 is 0. The van der Waals surface area contributed by atoms with Crippen molar-refractivity contribution in [3.63, 3.8) is 0 Å². The van der Waals surface area contributed by atoms with Crippen LogP contribution in [0.2, 0.25) is 0 Å². The van der Waals surface area contributed by atoms with Crippen molar-refractivity contribution in [3.05, 3.63) is 60.2 Å². The van der Waals surface area contributed by atoms with Crippen molar-refractivity contribution in [1.29, 1.82) is 0 Å². The Labute approximate surface area is 165 Å². The molecule has 2 N–H and O–H groups in total. The lowest BCUT2D eigenvalue weighted by atomic mass is 10.2. The minimum Gasteiger partial charge on any atom is -0.462 e. The fourth-order valence-electron chi connectivity index (χ4n) is 2.29. The maximum absolute atomic E-state index is 12.3. The first-order chi connectivity index (χ1) is 13.3. The molecule has 0 saturated carbocycles. The van der Waals surface area contributed by atoms with Gasteiger partial charge in [-0.3, -0.25) is 4.79 Å². The molecule has 0 aliphatic rings. The molecule has 0 aliphatic carbocycles. The number of unbranched alkanes of at least 4 members (excludes halogenated alkanes) is 1. The van der Waals surface area contributed by atoms with Crippen molar-refractivity contribution in [2.75, 3.05) is 11.9 Å². The lowest BCUT2D eigenvalue weighted by Gasteiger charge is -2.14. The molecule has 0 spiro atoms. The van der Waals surface area contributed by atoms with Crippen LogP contribution in [0, 0.1) is 0 Å². The zero-order valence-corrected chi connectivity index (χ0v) is 16.7. The highest BCUT2D eigenvalue weighted by molar-refractivity contribution is 7.89. The molecule has 0 radical (unpaired) electrons. The zero-order chi connectivity index (χ0) is 20.6. The number of nitrogens with one attached hydrogen (secondary N) is 2. The van der Waals surface area contributed by atoms with E-state index in [-0.39, 0.29) is 4.90 Å². The first kappa shape index (κ1) is 21.6. The maximum atomic E-state index is 12.3. The minimum absolute atomic E-state index is 0.0839. The Kier molecular flexibility index (Phi) is 7.71. The van der Waals surface area contributed by atoms with Gasteiger partial charge in [0.25, 0.3) is 0 Å². The summed E-state index contributed by atoms with van der Waals surface area (Å²) in [4.78, 5) is 24.2. The number of esters is 1. The van der Waals surface area contributed by atoms with Gasteiger partial charge in [0, 0.05) is 5.69 Å². The van der Waals surface area contributed by atoms with Crippen LogP contribution in [-0.4, -0.2) is 32.9 Å². The Morgan fingerprint density at radius 2 is 1.68 bits per heavy atom. The van der Waals surface area contributed by atoms with Crippen molar-refractivity contribution >= 4 is 27.6 Å². The van der Waals surface area contributed by atoms with Gasteiger partial charge in [-0.25, -0.2) is 13.2 Å². The van der Waals surface area contributed by atoms with E-state index >= 15 is 0 Å². The van der Waals surface area contributed by atoms with Gasteiger partial charge in [-0.1, -0.05) is 31.5 Å². The third-order valence-corrected chi connectivity index (χ3v) is 5.45. The molecular formula is C20H24N2O5S. The Hall–Kier alpha value is -2.71. The van der Waals surface area contributed by atoms with Crippen LogP contribution in [0.15, 0.2) is 59.5 Å². The van der Waals surface area contributed by atoms with Gasteiger partial charge < -0.3 is 10.1 Å². The molecule has 0 aromatic heterocycles. The predicted octanol–water partition coefficient (Wildman–Crippen LogP) is 2.95. The molecule has 0 heterocycles. The molecule has 7 nitrogen and oxygen atoms in total. The first-order valence-electron chi connectivity index (χ1n) is 8.99. The van der Waals surface area contributed by atoms with Gasteiger partial charge in [-0.15, -0.1) is 0 Å². The molecule has 0 saturated heterocycles. The standard InChI is InChI=1S/C20H24N2O5S/c1-3-4-14-27-20(24)16-10-12-17(13-11-16)21-19(23)15(2)22-28(25,26)18-8-6-5-7-9-18/h5-13,15,22H,3-4,14H2,1-2H3,(H,21,23)/t15-/m1/s1. The van der Waals surface area contributed by atoms with Crippen LogP contribution < -0.4 is 10.0 Å². The van der Waals surface area contributed by atoms with Crippen LogP contribution in [-0.2, 0) is 19.6 Å². The number of benzene rings is 2. The Morgan fingerprint density at radius 3 is 2.29 bits per heavy atom. The largest absolute Gasteiger partial charge is 0.462 e. The summed E-state index contributed by atoms with van der Waals surface area (Å²) in [6.45, 7) is 3.83.